The molecule has 1 saturated heterocycles. The molecule has 1 amide bonds. The molecule has 3 rings (SSSR count). The Morgan fingerprint density at radius 3 is 2.78 bits per heavy atom. The quantitative estimate of drug-likeness (QED) is 0.815. The molecule has 5 heteroatoms. The van der Waals surface area contributed by atoms with Gasteiger partial charge in [-0.1, -0.05) is 18.2 Å². The smallest absolute Gasteiger partial charge is 0.246 e. The van der Waals surface area contributed by atoms with E-state index in [2.05, 4.69) is 17.0 Å². The van der Waals surface area contributed by atoms with Crippen molar-refractivity contribution in [1.82, 2.24) is 19.6 Å². The van der Waals surface area contributed by atoms with E-state index in [0.29, 0.717) is 0 Å². The summed E-state index contributed by atoms with van der Waals surface area (Å²) in [6, 6.07) is 9.93. The molecule has 0 atom stereocenters. The molecular formula is C18H22N4O. The SMILES string of the molecule is CN1CCCN(C(=O)/C=C/c2cnn(-c3ccccc3)c2)CC1. The zero-order chi connectivity index (χ0) is 16.1. The Morgan fingerprint density at radius 1 is 1.13 bits per heavy atom. The monoisotopic (exact) mass is 310 g/mol. The molecular weight excluding hydrogens is 288 g/mol. The molecule has 0 spiro atoms. The van der Waals surface area contributed by atoms with Crippen molar-refractivity contribution in [3.8, 4) is 5.69 Å². The van der Waals surface area contributed by atoms with E-state index in [1.54, 1.807) is 12.3 Å². The van der Waals surface area contributed by atoms with Crippen molar-refractivity contribution < 1.29 is 4.79 Å². The number of benzene rings is 1. The van der Waals surface area contributed by atoms with Crippen molar-refractivity contribution in [3.63, 3.8) is 0 Å². The average Bonchev–Trinajstić information content (AvgIpc) is 2.95. The number of carbonyl (C=O) groups excluding carboxylic acids is 1. The van der Waals surface area contributed by atoms with Crippen LogP contribution in [0.15, 0.2) is 48.8 Å². The van der Waals surface area contributed by atoms with Crippen molar-refractivity contribution >= 4 is 12.0 Å². The minimum absolute atomic E-state index is 0.0766. The largest absolute Gasteiger partial charge is 0.338 e. The Labute approximate surface area is 136 Å². The van der Waals surface area contributed by atoms with Crippen LogP contribution in [0.5, 0.6) is 0 Å². The first-order chi connectivity index (χ1) is 11.2. The first-order valence-electron chi connectivity index (χ1n) is 7.98. The van der Waals surface area contributed by atoms with Crippen molar-refractivity contribution in [2.45, 2.75) is 6.42 Å². The van der Waals surface area contributed by atoms with E-state index in [9.17, 15) is 4.79 Å². The molecule has 1 aromatic carbocycles. The lowest BCUT2D eigenvalue weighted by Crippen LogP contribution is -2.33. The molecule has 2 aromatic rings. The van der Waals surface area contributed by atoms with Crippen LogP contribution in [0.1, 0.15) is 12.0 Å². The van der Waals surface area contributed by atoms with Crippen LogP contribution < -0.4 is 0 Å². The van der Waals surface area contributed by atoms with E-state index < -0.39 is 0 Å². The third kappa shape index (κ3) is 4.07. The number of hydrogen-bond acceptors (Lipinski definition) is 3. The van der Waals surface area contributed by atoms with Gasteiger partial charge in [0.15, 0.2) is 0 Å². The number of amides is 1. The first-order valence-corrected chi connectivity index (χ1v) is 7.98. The lowest BCUT2D eigenvalue weighted by atomic mass is 10.3. The molecule has 0 unspecified atom stereocenters. The van der Waals surface area contributed by atoms with Gasteiger partial charge in [-0.15, -0.1) is 0 Å². The minimum Gasteiger partial charge on any atom is -0.338 e. The molecule has 120 valence electrons. The molecule has 1 aromatic heterocycles. The topological polar surface area (TPSA) is 41.4 Å². The van der Waals surface area contributed by atoms with Crippen molar-refractivity contribution in [2.24, 2.45) is 0 Å². The van der Waals surface area contributed by atoms with Crippen LogP contribution >= 0.6 is 0 Å². The van der Waals surface area contributed by atoms with Crippen molar-refractivity contribution in [3.05, 3.63) is 54.4 Å². The summed E-state index contributed by atoms with van der Waals surface area (Å²) >= 11 is 0. The van der Waals surface area contributed by atoms with E-state index in [-0.39, 0.29) is 5.91 Å². The number of hydrogen-bond donors (Lipinski definition) is 0. The highest BCUT2D eigenvalue weighted by Gasteiger charge is 2.15. The summed E-state index contributed by atoms with van der Waals surface area (Å²) in [6.45, 7) is 3.61. The second-order valence-corrected chi connectivity index (χ2v) is 5.87. The first kappa shape index (κ1) is 15.5. The van der Waals surface area contributed by atoms with Gasteiger partial charge in [0.1, 0.15) is 0 Å². The number of rotatable bonds is 3. The fourth-order valence-corrected chi connectivity index (χ4v) is 2.68. The standard InChI is InChI=1S/C18H22N4O/c1-20-10-5-11-21(13-12-20)18(23)9-8-16-14-19-22(15-16)17-6-3-2-4-7-17/h2-4,6-9,14-15H,5,10-13H2,1H3/b9-8+. The molecule has 2 heterocycles. The van der Waals surface area contributed by atoms with Gasteiger partial charge < -0.3 is 9.80 Å². The van der Waals surface area contributed by atoms with Crippen LogP contribution in [-0.4, -0.2) is 58.7 Å². The molecule has 23 heavy (non-hydrogen) atoms. The maximum atomic E-state index is 12.3. The highest BCUT2D eigenvalue weighted by atomic mass is 16.2. The Balaban J connectivity index is 1.64. The van der Waals surface area contributed by atoms with Gasteiger partial charge in [0.05, 0.1) is 11.9 Å². The van der Waals surface area contributed by atoms with E-state index >= 15 is 0 Å². The third-order valence-corrected chi connectivity index (χ3v) is 4.07. The number of likely N-dealkylation sites (N-methyl/N-ethyl adjacent to an activating group) is 1. The zero-order valence-electron chi connectivity index (χ0n) is 13.4. The van der Waals surface area contributed by atoms with Crippen LogP contribution in [0.2, 0.25) is 0 Å². The summed E-state index contributed by atoms with van der Waals surface area (Å²) in [5.41, 5.74) is 1.93. The Hall–Kier alpha value is -2.40. The highest BCUT2D eigenvalue weighted by Crippen LogP contribution is 2.09. The lowest BCUT2D eigenvalue weighted by molar-refractivity contribution is -0.125. The third-order valence-electron chi connectivity index (χ3n) is 4.07. The highest BCUT2D eigenvalue weighted by molar-refractivity contribution is 5.91. The van der Waals surface area contributed by atoms with Gasteiger partial charge in [-0.05, 0) is 38.2 Å². The van der Waals surface area contributed by atoms with Crippen LogP contribution in [-0.2, 0) is 4.79 Å². The predicted molar refractivity (Wildman–Crippen MR) is 91.3 cm³/mol. The van der Waals surface area contributed by atoms with Crippen LogP contribution in [0, 0.1) is 0 Å². The van der Waals surface area contributed by atoms with E-state index in [1.165, 1.54) is 0 Å². The van der Waals surface area contributed by atoms with E-state index in [0.717, 1.165) is 43.9 Å². The summed E-state index contributed by atoms with van der Waals surface area (Å²) in [6.07, 6.45) is 8.21. The molecule has 1 aliphatic rings. The molecule has 0 bridgehead atoms. The minimum atomic E-state index is 0.0766. The molecule has 0 N–H and O–H groups in total. The van der Waals surface area contributed by atoms with Gasteiger partial charge in [0.2, 0.25) is 5.91 Å². The Morgan fingerprint density at radius 2 is 1.96 bits per heavy atom. The summed E-state index contributed by atoms with van der Waals surface area (Å²) in [7, 11) is 2.10. The summed E-state index contributed by atoms with van der Waals surface area (Å²) in [5, 5.41) is 4.34. The maximum absolute atomic E-state index is 12.3. The fourth-order valence-electron chi connectivity index (χ4n) is 2.68. The van der Waals surface area contributed by atoms with Gasteiger partial charge in [0, 0.05) is 37.5 Å². The maximum Gasteiger partial charge on any atom is 0.246 e. The Bertz CT molecular complexity index is 677. The second-order valence-electron chi connectivity index (χ2n) is 5.87. The summed E-state index contributed by atoms with van der Waals surface area (Å²) < 4.78 is 1.81. The molecule has 0 saturated carbocycles. The van der Waals surface area contributed by atoms with Crippen molar-refractivity contribution in [2.75, 3.05) is 33.2 Å². The van der Waals surface area contributed by atoms with Crippen LogP contribution in [0.3, 0.4) is 0 Å². The average molecular weight is 310 g/mol. The second kappa shape index (κ2) is 7.24. The number of aromatic nitrogens is 2. The van der Waals surface area contributed by atoms with Gasteiger partial charge in [0.25, 0.3) is 0 Å². The molecule has 1 aliphatic heterocycles. The Kier molecular flexibility index (Phi) is 4.88. The number of carbonyl (C=O) groups is 1. The van der Waals surface area contributed by atoms with Crippen LogP contribution in [0.4, 0.5) is 0 Å². The molecule has 5 nitrogen and oxygen atoms in total. The van der Waals surface area contributed by atoms with E-state index in [4.69, 9.17) is 0 Å². The summed E-state index contributed by atoms with van der Waals surface area (Å²) in [4.78, 5) is 16.5. The zero-order valence-corrected chi connectivity index (χ0v) is 13.4. The van der Waals surface area contributed by atoms with Gasteiger partial charge >= 0.3 is 0 Å². The normalized spacial score (nSPS) is 16.7. The predicted octanol–water partition coefficient (Wildman–Crippen LogP) is 2.05. The number of para-hydroxylation sites is 1. The van der Waals surface area contributed by atoms with Gasteiger partial charge in [-0.3, -0.25) is 4.79 Å². The number of nitrogens with zero attached hydrogens (tertiary/aromatic N) is 4. The van der Waals surface area contributed by atoms with Crippen molar-refractivity contribution in [1.29, 1.82) is 0 Å². The molecule has 0 aliphatic carbocycles. The van der Waals surface area contributed by atoms with E-state index in [1.807, 2.05) is 52.2 Å². The van der Waals surface area contributed by atoms with Gasteiger partial charge in [-0.2, -0.15) is 5.10 Å². The molecule has 0 radical (unpaired) electrons. The molecule has 1 fully saturated rings. The lowest BCUT2D eigenvalue weighted by Gasteiger charge is -2.18. The fraction of sp³-hybridized carbons (Fsp3) is 0.333. The van der Waals surface area contributed by atoms with Gasteiger partial charge in [-0.25, -0.2) is 4.68 Å². The summed E-state index contributed by atoms with van der Waals surface area (Å²) in [5.74, 6) is 0.0766. The van der Waals surface area contributed by atoms with Crippen LogP contribution in [0.25, 0.3) is 11.8 Å².